The van der Waals surface area contributed by atoms with Gasteiger partial charge in [-0.15, -0.1) is 0 Å². The van der Waals surface area contributed by atoms with E-state index >= 15 is 0 Å². The van der Waals surface area contributed by atoms with Crippen LogP contribution in [0.5, 0.6) is 5.75 Å². The Morgan fingerprint density at radius 3 is 2.27 bits per heavy atom. The highest BCUT2D eigenvalue weighted by molar-refractivity contribution is 5.95. The Kier molecular flexibility index (Phi) is 5.89. The first-order valence-corrected chi connectivity index (χ1v) is 8.94. The maximum absolute atomic E-state index is 12.5. The van der Waals surface area contributed by atoms with E-state index in [-0.39, 0.29) is 5.91 Å². The highest BCUT2D eigenvalue weighted by atomic mass is 16.5. The first-order valence-electron chi connectivity index (χ1n) is 8.94. The van der Waals surface area contributed by atoms with Crippen LogP contribution in [0.25, 0.3) is 0 Å². The van der Waals surface area contributed by atoms with Crippen molar-refractivity contribution in [3.8, 4) is 5.75 Å². The first-order chi connectivity index (χ1) is 12.6. The number of nitrogens with one attached hydrogen (secondary N) is 1. The molecule has 0 saturated heterocycles. The molecule has 2 aromatic carbocycles. The molecule has 0 bridgehead atoms. The van der Waals surface area contributed by atoms with E-state index in [1.54, 1.807) is 24.3 Å². The maximum atomic E-state index is 12.5. The summed E-state index contributed by atoms with van der Waals surface area (Å²) in [5.41, 5.74) is 1.73. The maximum Gasteiger partial charge on any atom is 0.307 e. The van der Waals surface area contributed by atoms with Gasteiger partial charge in [0.05, 0.1) is 11.8 Å². The highest BCUT2D eigenvalue weighted by Crippen LogP contribution is 2.31. The van der Waals surface area contributed by atoms with Crippen molar-refractivity contribution in [2.45, 2.75) is 32.3 Å². The lowest BCUT2D eigenvalue weighted by atomic mass is 9.78. The van der Waals surface area contributed by atoms with E-state index in [2.05, 4.69) is 5.32 Å². The van der Waals surface area contributed by atoms with Gasteiger partial charge in [-0.2, -0.15) is 0 Å². The molecule has 0 unspecified atom stereocenters. The molecule has 2 aromatic rings. The second-order valence-electron chi connectivity index (χ2n) is 6.62. The number of amides is 1. The van der Waals surface area contributed by atoms with E-state index in [0.29, 0.717) is 30.9 Å². The van der Waals surface area contributed by atoms with Gasteiger partial charge in [0, 0.05) is 5.69 Å². The third-order valence-corrected chi connectivity index (χ3v) is 4.79. The van der Waals surface area contributed by atoms with Crippen LogP contribution in [0.1, 0.15) is 31.2 Å². The molecule has 1 aliphatic carbocycles. The summed E-state index contributed by atoms with van der Waals surface area (Å²) in [6.07, 6.45) is 2.96. The molecule has 0 spiro atoms. The molecule has 136 valence electrons. The smallest absolute Gasteiger partial charge is 0.307 e. The third kappa shape index (κ3) is 4.63. The second kappa shape index (κ2) is 8.52. The van der Waals surface area contributed by atoms with Gasteiger partial charge in [0.25, 0.3) is 0 Å². The number of ether oxygens (including phenoxy) is 1. The van der Waals surface area contributed by atoms with Gasteiger partial charge in [-0.25, -0.2) is 0 Å². The molecular formula is C21H23NO4. The topological polar surface area (TPSA) is 75.6 Å². The Hall–Kier alpha value is -2.82. The summed E-state index contributed by atoms with van der Waals surface area (Å²) in [5.74, 6) is -1.43. The summed E-state index contributed by atoms with van der Waals surface area (Å²) in [4.78, 5) is 23.8. The standard InChI is InChI=1S/C21H23NO4/c23-20(18-8-4-5-9-19(18)21(24)25)22-16-10-12-17(13-11-16)26-14-15-6-2-1-3-7-15/h1-3,6-7,10-13,18-19H,4-5,8-9,14H2,(H,22,23)(H,24,25)/t18-,19+/m1/s1. The molecular weight excluding hydrogens is 330 g/mol. The fourth-order valence-corrected chi connectivity index (χ4v) is 3.35. The van der Waals surface area contributed by atoms with Crippen LogP contribution in [0.15, 0.2) is 54.6 Å². The number of carbonyl (C=O) groups is 2. The van der Waals surface area contributed by atoms with Crippen LogP contribution in [0.3, 0.4) is 0 Å². The van der Waals surface area contributed by atoms with Crippen LogP contribution in [0.4, 0.5) is 5.69 Å². The van der Waals surface area contributed by atoms with Crippen LogP contribution < -0.4 is 10.1 Å². The van der Waals surface area contributed by atoms with Crippen LogP contribution in [0, 0.1) is 11.8 Å². The van der Waals surface area contributed by atoms with Crippen molar-refractivity contribution in [2.75, 3.05) is 5.32 Å². The predicted molar refractivity (Wildman–Crippen MR) is 98.9 cm³/mol. The number of hydrogen-bond donors (Lipinski definition) is 2. The van der Waals surface area contributed by atoms with Gasteiger partial charge in [-0.3, -0.25) is 9.59 Å². The number of rotatable bonds is 6. The summed E-state index contributed by atoms with van der Waals surface area (Å²) in [7, 11) is 0. The third-order valence-electron chi connectivity index (χ3n) is 4.79. The molecule has 0 radical (unpaired) electrons. The Morgan fingerprint density at radius 1 is 0.962 bits per heavy atom. The molecule has 3 rings (SSSR count). The summed E-state index contributed by atoms with van der Waals surface area (Å²) in [5, 5.41) is 12.2. The van der Waals surface area contributed by atoms with Crippen molar-refractivity contribution in [3.63, 3.8) is 0 Å². The zero-order valence-electron chi connectivity index (χ0n) is 14.6. The van der Waals surface area contributed by atoms with Gasteiger partial charge in [0.1, 0.15) is 12.4 Å². The summed E-state index contributed by atoms with van der Waals surface area (Å²) < 4.78 is 5.73. The van der Waals surface area contributed by atoms with Crippen LogP contribution in [-0.4, -0.2) is 17.0 Å². The molecule has 2 atom stereocenters. The molecule has 1 amide bonds. The molecule has 0 heterocycles. The minimum atomic E-state index is -0.880. The Bertz CT molecular complexity index is 742. The normalized spacial score (nSPS) is 19.5. The molecule has 0 aliphatic heterocycles. The molecule has 1 aliphatic rings. The SMILES string of the molecule is O=C(O)[C@H]1CCCC[C@H]1C(=O)Nc1ccc(OCc2ccccc2)cc1. The molecule has 2 N–H and O–H groups in total. The highest BCUT2D eigenvalue weighted by Gasteiger charge is 2.35. The molecule has 5 heteroatoms. The Balaban J connectivity index is 1.56. The molecule has 5 nitrogen and oxygen atoms in total. The molecule has 26 heavy (non-hydrogen) atoms. The lowest BCUT2D eigenvalue weighted by Gasteiger charge is -2.27. The van der Waals surface area contributed by atoms with Gasteiger partial charge >= 0.3 is 5.97 Å². The molecule has 1 saturated carbocycles. The number of hydrogen-bond acceptors (Lipinski definition) is 3. The van der Waals surface area contributed by atoms with Crippen molar-refractivity contribution in [1.29, 1.82) is 0 Å². The van der Waals surface area contributed by atoms with E-state index < -0.39 is 17.8 Å². The lowest BCUT2D eigenvalue weighted by Crippen LogP contribution is -2.36. The van der Waals surface area contributed by atoms with Gasteiger partial charge < -0.3 is 15.2 Å². The summed E-state index contributed by atoms with van der Waals surface area (Å²) >= 11 is 0. The van der Waals surface area contributed by atoms with Crippen molar-refractivity contribution < 1.29 is 19.4 Å². The number of carbonyl (C=O) groups excluding carboxylic acids is 1. The second-order valence-corrected chi connectivity index (χ2v) is 6.62. The van der Waals surface area contributed by atoms with E-state index in [4.69, 9.17) is 4.74 Å². The number of benzene rings is 2. The minimum absolute atomic E-state index is 0.213. The van der Waals surface area contributed by atoms with Crippen molar-refractivity contribution in [1.82, 2.24) is 0 Å². The Morgan fingerprint density at radius 2 is 1.62 bits per heavy atom. The van der Waals surface area contributed by atoms with E-state index in [9.17, 15) is 14.7 Å². The first kappa shape index (κ1) is 18.0. The average Bonchev–Trinajstić information content (AvgIpc) is 2.68. The van der Waals surface area contributed by atoms with Crippen molar-refractivity contribution in [3.05, 3.63) is 60.2 Å². The van der Waals surface area contributed by atoms with Gasteiger partial charge in [0.15, 0.2) is 0 Å². The Labute approximate surface area is 153 Å². The number of carboxylic acids is 1. The van der Waals surface area contributed by atoms with Gasteiger partial charge in [-0.05, 0) is 42.7 Å². The summed E-state index contributed by atoms with van der Waals surface area (Å²) in [6, 6.07) is 17.0. The zero-order valence-corrected chi connectivity index (χ0v) is 14.6. The van der Waals surface area contributed by atoms with E-state index in [0.717, 1.165) is 18.4 Å². The largest absolute Gasteiger partial charge is 0.489 e. The van der Waals surface area contributed by atoms with Crippen molar-refractivity contribution >= 4 is 17.6 Å². The fourth-order valence-electron chi connectivity index (χ4n) is 3.35. The van der Waals surface area contributed by atoms with E-state index in [1.807, 2.05) is 30.3 Å². The monoisotopic (exact) mass is 353 g/mol. The molecule has 0 aromatic heterocycles. The summed E-state index contributed by atoms with van der Waals surface area (Å²) in [6.45, 7) is 0.481. The quantitative estimate of drug-likeness (QED) is 0.820. The van der Waals surface area contributed by atoms with Crippen LogP contribution in [0.2, 0.25) is 0 Å². The lowest BCUT2D eigenvalue weighted by molar-refractivity contribution is -0.147. The fraction of sp³-hybridized carbons (Fsp3) is 0.333. The number of aliphatic carboxylic acids is 1. The van der Waals surface area contributed by atoms with E-state index in [1.165, 1.54) is 0 Å². The van der Waals surface area contributed by atoms with Gasteiger partial charge in [0.2, 0.25) is 5.91 Å². The molecule has 1 fully saturated rings. The van der Waals surface area contributed by atoms with Crippen LogP contribution in [-0.2, 0) is 16.2 Å². The average molecular weight is 353 g/mol. The van der Waals surface area contributed by atoms with Crippen LogP contribution >= 0.6 is 0 Å². The zero-order chi connectivity index (χ0) is 18.4. The number of anilines is 1. The number of carboxylic acid groups (broad SMARTS) is 1. The van der Waals surface area contributed by atoms with Crippen molar-refractivity contribution in [2.24, 2.45) is 11.8 Å². The van der Waals surface area contributed by atoms with Gasteiger partial charge in [-0.1, -0.05) is 43.2 Å². The predicted octanol–water partition coefficient (Wildman–Crippen LogP) is 4.10. The minimum Gasteiger partial charge on any atom is -0.489 e.